The average molecular weight is 222 g/mol. The van der Waals surface area contributed by atoms with Crippen molar-refractivity contribution in [2.45, 2.75) is 12.8 Å². The maximum absolute atomic E-state index is 13.2. The van der Waals surface area contributed by atoms with Crippen LogP contribution in [0.2, 0.25) is 0 Å². The molecule has 0 unspecified atom stereocenters. The second-order valence-electron chi connectivity index (χ2n) is 4.01. The van der Waals surface area contributed by atoms with Crippen LogP contribution in [0.1, 0.15) is 12.8 Å². The molecule has 0 spiro atoms. The summed E-state index contributed by atoms with van der Waals surface area (Å²) in [5.74, 6) is -0.538. The van der Waals surface area contributed by atoms with Crippen LogP contribution in [0.4, 0.5) is 10.1 Å². The van der Waals surface area contributed by atoms with Crippen molar-refractivity contribution < 1.29 is 9.18 Å². The number of amides is 1. The Kier molecular flexibility index (Phi) is 3.51. The summed E-state index contributed by atoms with van der Waals surface area (Å²) in [5, 5.41) is 2.58. The van der Waals surface area contributed by atoms with Crippen LogP contribution in [0, 0.1) is 5.82 Å². The van der Waals surface area contributed by atoms with Gasteiger partial charge >= 0.3 is 0 Å². The van der Waals surface area contributed by atoms with Gasteiger partial charge in [-0.05, 0) is 38.1 Å². The van der Waals surface area contributed by atoms with E-state index < -0.39 is 5.82 Å². The Labute approximate surface area is 94.3 Å². The predicted octanol–water partition coefficient (Wildman–Crippen LogP) is 1.86. The van der Waals surface area contributed by atoms with Crippen LogP contribution >= 0.6 is 0 Å². The number of halogens is 1. The van der Waals surface area contributed by atoms with E-state index in [1.165, 1.54) is 6.07 Å². The zero-order valence-electron chi connectivity index (χ0n) is 9.08. The van der Waals surface area contributed by atoms with Gasteiger partial charge in [-0.3, -0.25) is 9.69 Å². The molecule has 1 fully saturated rings. The average Bonchev–Trinajstić information content (AvgIpc) is 2.74. The van der Waals surface area contributed by atoms with Crippen LogP contribution < -0.4 is 5.32 Å². The molecule has 1 heterocycles. The molecule has 1 aromatic carbocycles. The van der Waals surface area contributed by atoms with Crippen molar-refractivity contribution in [3.63, 3.8) is 0 Å². The Morgan fingerprint density at radius 1 is 1.31 bits per heavy atom. The summed E-state index contributed by atoms with van der Waals surface area (Å²) >= 11 is 0. The van der Waals surface area contributed by atoms with E-state index in [1.54, 1.807) is 18.2 Å². The first kappa shape index (κ1) is 11.1. The van der Waals surface area contributed by atoms with E-state index in [4.69, 9.17) is 0 Å². The highest BCUT2D eigenvalue weighted by Crippen LogP contribution is 2.13. The molecule has 1 amide bonds. The third-order valence-corrected chi connectivity index (χ3v) is 2.71. The number of carbonyl (C=O) groups is 1. The smallest absolute Gasteiger partial charge is 0.238 e. The molecular formula is C12H15FN2O. The Balaban J connectivity index is 1.89. The van der Waals surface area contributed by atoms with Gasteiger partial charge in [-0.25, -0.2) is 4.39 Å². The Morgan fingerprint density at radius 3 is 2.69 bits per heavy atom. The second kappa shape index (κ2) is 5.07. The van der Waals surface area contributed by atoms with Gasteiger partial charge in [0.25, 0.3) is 0 Å². The Bertz CT molecular complexity index is 375. The molecule has 0 saturated carbocycles. The first-order valence-corrected chi connectivity index (χ1v) is 5.52. The number of anilines is 1. The minimum absolute atomic E-state index is 0.146. The van der Waals surface area contributed by atoms with Crippen LogP contribution in [0.15, 0.2) is 24.3 Å². The summed E-state index contributed by atoms with van der Waals surface area (Å²) in [4.78, 5) is 13.7. The lowest BCUT2D eigenvalue weighted by molar-refractivity contribution is -0.117. The van der Waals surface area contributed by atoms with Crippen LogP contribution in [0.25, 0.3) is 0 Å². The van der Waals surface area contributed by atoms with E-state index >= 15 is 0 Å². The third kappa shape index (κ3) is 2.79. The molecule has 4 heteroatoms. The lowest BCUT2D eigenvalue weighted by atomic mass is 10.3. The van der Waals surface area contributed by atoms with E-state index in [1.807, 2.05) is 0 Å². The van der Waals surface area contributed by atoms with Gasteiger partial charge in [0.2, 0.25) is 5.91 Å². The lowest BCUT2D eigenvalue weighted by Crippen LogP contribution is -2.31. The molecule has 0 aromatic heterocycles. The number of nitrogens with one attached hydrogen (secondary N) is 1. The maximum atomic E-state index is 13.2. The van der Waals surface area contributed by atoms with E-state index in [0.717, 1.165) is 25.9 Å². The van der Waals surface area contributed by atoms with Crippen LogP contribution in [0.3, 0.4) is 0 Å². The number of nitrogens with zero attached hydrogens (tertiary/aromatic N) is 1. The number of hydrogen-bond acceptors (Lipinski definition) is 2. The van der Waals surface area contributed by atoms with Crippen LogP contribution in [-0.4, -0.2) is 30.4 Å². The summed E-state index contributed by atoms with van der Waals surface area (Å²) in [6, 6.07) is 6.21. The van der Waals surface area contributed by atoms with Crippen molar-refractivity contribution in [3.05, 3.63) is 30.1 Å². The van der Waals surface area contributed by atoms with Gasteiger partial charge in [0.05, 0.1) is 12.2 Å². The van der Waals surface area contributed by atoms with Gasteiger partial charge in [-0.1, -0.05) is 12.1 Å². The van der Waals surface area contributed by atoms with Gasteiger partial charge in [-0.2, -0.15) is 0 Å². The normalized spacial score (nSPS) is 16.3. The number of likely N-dealkylation sites (tertiary alicyclic amines) is 1. The lowest BCUT2D eigenvalue weighted by Gasteiger charge is -2.14. The monoisotopic (exact) mass is 222 g/mol. The summed E-state index contributed by atoms with van der Waals surface area (Å²) in [6.45, 7) is 2.28. The van der Waals surface area contributed by atoms with Crippen molar-refractivity contribution >= 4 is 11.6 Å². The standard InChI is InChI=1S/C12H15FN2O/c13-10-5-1-2-6-11(10)14-12(16)9-15-7-3-4-8-15/h1-2,5-6H,3-4,7-9H2,(H,14,16). The number of benzene rings is 1. The minimum Gasteiger partial charge on any atom is -0.322 e. The second-order valence-corrected chi connectivity index (χ2v) is 4.01. The first-order valence-electron chi connectivity index (χ1n) is 5.52. The van der Waals surface area contributed by atoms with Crippen molar-refractivity contribution in [3.8, 4) is 0 Å². The summed E-state index contributed by atoms with van der Waals surface area (Å²) in [7, 11) is 0. The highest BCUT2D eigenvalue weighted by molar-refractivity contribution is 5.92. The van der Waals surface area contributed by atoms with Gasteiger partial charge < -0.3 is 5.32 Å². The molecule has 1 aliphatic rings. The molecule has 2 rings (SSSR count). The Hall–Kier alpha value is -1.42. The number of hydrogen-bond donors (Lipinski definition) is 1. The number of rotatable bonds is 3. The minimum atomic E-state index is -0.391. The number of carbonyl (C=O) groups excluding carboxylic acids is 1. The van der Waals surface area contributed by atoms with E-state index in [9.17, 15) is 9.18 Å². The van der Waals surface area contributed by atoms with Crippen molar-refractivity contribution in [2.75, 3.05) is 25.0 Å². The molecule has 1 N–H and O–H groups in total. The molecule has 1 aromatic rings. The predicted molar refractivity (Wildman–Crippen MR) is 60.7 cm³/mol. The largest absolute Gasteiger partial charge is 0.322 e. The molecule has 0 aliphatic carbocycles. The summed E-state index contributed by atoms with van der Waals surface area (Å²) in [5.41, 5.74) is 0.256. The molecule has 0 bridgehead atoms. The molecule has 1 aliphatic heterocycles. The van der Waals surface area contributed by atoms with Gasteiger partial charge in [0, 0.05) is 0 Å². The number of para-hydroxylation sites is 1. The highest BCUT2D eigenvalue weighted by atomic mass is 19.1. The van der Waals surface area contributed by atoms with Crippen molar-refractivity contribution in [1.82, 2.24) is 4.90 Å². The first-order chi connectivity index (χ1) is 7.75. The van der Waals surface area contributed by atoms with E-state index in [2.05, 4.69) is 10.2 Å². The van der Waals surface area contributed by atoms with E-state index in [-0.39, 0.29) is 11.6 Å². The zero-order valence-corrected chi connectivity index (χ0v) is 9.08. The van der Waals surface area contributed by atoms with E-state index in [0.29, 0.717) is 6.54 Å². The van der Waals surface area contributed by atoms with Crippen LogP contribution in [-0.2, 0) is 4.79 Å². The van der Waals surface area contributed by atoms with Crippen molar-refractivity contribution in [2.24, 2.45) is 0 Å². The van der Waals surface area contributed by atoms with Crippen molar-refractivity contribution in [1.29, 1.82) is 0 Å². The fourth-order valence-corrected chi connectivity index (χ4v) is 1.90. The topological polar surface area (TPSA) is 32.3 Å². The SMILES string of the molecule is O=C(CN1CCCC1)Nc1ccccc1F. The molecule has 1 saturated heterocycles. The molecular weight excluding hydrogens is 207 g/mol. The molecule has 86 valence electrons. The highest BCUT2D eigenvalue weighted by Gasteiger charge is 2.15. The fraction of sp³-hybridized carbons (Fsp3) is 0.417. The van der Waals surface area contributed by atoms with Gasteiger partial charge in [0.15, 0.2) is 0 Å². The molecule has 3 nitrogen and oxygen atoms in total. The Morgan fingerprint density at radius 2 is 2.00 bits per heavy atom. The summed E-state index contributed by atoms with van der Waals surface area (Å²) in [6.07, 6.45) is 2.29. The zero-order chi connectivity index (χ0) is 11.4. The summed E-state index contributed by atoms with van der Waals surface area (Å²) < 4.78 is 13.2. The molecule has 16 heavy (non-hydrogen) atoms. The van der Waals surface area contributed by atoms with Gasteiger partial charge in [-0.15, -0.1) is 0 Å². The van der Waals surface area contributed by atoms with Gasteiger partial charge in [0.1, 0.15) is 5.82 Å². The van der Waals surface area contributed by atoms with Crippen LogP contribution in [0.5, 0.6) is 0 Å². The third-order valence-electron chi connectivity index (χ3n) is 2.71. The molecule has 0 atom stereocenters. The maximum Gasteiger partial charge on any atom is 0.238 e. The fourth-order valence-electron chi connectivity index (χ4n) is 1.90. The quantitative estimate of drug-likeness (QED) is 0.846. The molecule has 0 radical (unpaired) electrons.